The zero-order valence-electron chi connectivity index (χ0n) is 12.4. The summed E-state index contributed by atoms with van der Waals surface area (Å²) in [6, 6.07) is 7.06. The number of alkyl halides is 1. The van der Waals surface area contributed by atoms with Crippen LogP contribution in [0, 0.1) is 5.92 Å². The minimum atomic E-state index is 0.564. The minimum absolute atomic E-state index is 0.564. The topological polar surface area (TPSA) is 3.24 Å². The molecule has 108 valence electrons. The molecule has 0 aliphatic rings. The molecule has 0 N–H and O–H groups in total. The number of anilines is 1. The molecule has 3 heteroatoms. The molecule has 0 aliphatic heterocycles. The number of hydrogen-bond acceptors (Lipinski definition) is 1. The third kappa shape index (κ3) is 4.68. The normalized spacial score (nSPS) is 11.4. The smallest absolute Gasteiger partial charge is 0.0513 e. The Hall–Kier alpha value is -0.210. The van der Waals surface area contributed by atoms with Crippen LogP contribution in [0.3, 0.4) is 0 Å². The second kappa shape index (κ2) is 8.16. The van der Waals surface area contributed by atoms with Crippen molar-refractivity contribution in [3.05, 3.63) is 28.2 Å². The molecule has 1 aromatic carbocycles. The first kappa shape index (κ1) is 16.8. The fraction of sp³-hybridized carbons (Fsp3) is 0.625. The molecule has 1 nitrogen and oxygen atoms in total. The van der Waals surface area contributed by atoms with Gasteiger partial charge in [0.1, 0.15) is 0 Å². The maximum atomic E-state index is 5.90. The number of hydrogen-bond donors (Lipinski definition) is 0. The van der Waals surface area contributed by atoms with Gasteiger partial charge in [0, 0.05) is 22.9 Å². The molecule has 0 bridgehead atoms. The van der Waals surface area contributed by atoms with Gasteiger partial charge in [0.15, 0.2) is 0 Å². The van der Waals surface area contributed by atoms with Gasteiger partial charge in [-0.25, -0.2) is 0 Å². The first-order valence-electron chi connectivity index (χ1n) is 7.14. The summed E-state index contributed by atoms with van der Waals surface area (Å²) in [6.45, 7) is 10.2. The molecule has 0 fully saturated rings. The van der Waals surface area contributed by atoms with Crippen molar-refractivity contribution in [2.45, 2.75) is 52.5 Å². The molecular weight excluding hydrogens is 322 g/mol. The fourth-order valence-corrected chi connectivity index (χ4v) is 3.25. The summed E-state index contributed by atoms with van der Waals surface area (Å²) in [5.74, 6) is 1.22. The lowest BCUT2D eigenvalue weighted by Crippen LogP contribution is -2.37. The van der Waals surface area contributed by atoms with Crippen LogP contribution < -0.4 is 4.90 Å². The van der Waals surface area contributed by atoms with Crippen LogP contribution in [0.4, 0.5) is 5.69 Å². The Balaban J connectivity index is 3.09. The SMILES string of the molecule is CCC(CC)N(CC(C)C)c1ccc(CCl)cc1Br. The molecule has 0 heterocycles. The average molecular weight is 347 g/mol. The van der Waals surface area contributed by atoms with Crippen LogP contribution in [0.1, 0.15) is 46.1 Å². The highest BCUT2D eigenvalue weighted by Gasteiger charge is 2.19. The Morgan fingerprint density at radius 1 is 1.21 bits per heavy atom. The highest BCUT2D eigenvalue weighted by molar-refractivity contribution is 9.10. The van der Waals surface area contributed by atoms with Crippen molar-refractivity contribution < 1.29 is 0 Å². The van der Waals surface area contributed by atoms with Gasteiger partial charge < -0.3 is 4.90 Å². The van der Waals surface area contributed by atoms with Crippen LogP contribution in [-0.2, 0) is 5.88 Å². The van der Waals surface area contributed by atoms with Gasteiger partial charge in [0.25, 0.3) is 0 Å². The van der Waals surface area contributed by atoms with E-state index in [0.717, 1.165) is 16.6 Å². The van der Waals surface area contributed by atoms with Gasteiger partial charge in [0.05, 0.1) is 5.69 Å². The van der Waals surface area contributed by atoms with Crippen LogP contribution in [0.5, 0.6) is 0 Å². The summed E-state index contributed by atoms with van der Waals surface area (Å²) in [5, 5.41) is 0. The highest BCUT2D eigenvalue weighted by atomic mass is 79.9. The van der Waals surface area contributed by atoms with Crippen molar-refractivity contribution >= 4 is 33.2 Å². The minimum Gasteiger partial charge on any atom is -0.367 e. The summed E-state index contributed by atoms with van der Waals surface area (Å²) in [5.41, 5.74) is 2.45. The van der Waals surface area contributed by atoms with Crippen molar-refractivity contribution in [3.8, 4) is 0 Å². The molecule has 0 unspecified atom stereocenters. The Bertz CT molecular complexity index is 388. The van der Waals surface area contributed by atoms with E-state index in [4.69, 9.17) is 11.6 Å². The third-order valence-corrected chi connectivity index (χ3v) is 4.36. The van der Waals surface area contributed by atoms with E-state index >= 15 is 0 Å². The molecular formula is C16H25BrClN. The van der Waals surface area contributed by atoms with Crippen LogP contribution in [0.25, 0.3) is 0 Å². The predicted octanol–water partition coefficient (Wildman–Crippen LogP) is 5.84. The first-order chi connectivity index (χ1) is 9.03. The maximum Gasteiger partial charge on any atom is 0.0513 e. The van der Waals surface area contributed by atoms with E-state index in [1.54, 1.807) is 0 Å². The molecule has 0 aromatic heterocycles. The van der Waals surface area contributed by atoms with Gasteiger partial charge in [0.2, 0.25) is 0 Å². The zero-order valence-corrected chi connectivity index (χ0v) is 14.8. The van der Waals surface area contributed by atoms with Crippen molar-refractivity contribution in [2.24, 2.45) is 5.92 Å². The second-order valence-corrected chi connectivity index (χ2v) is 6.56. The first-order valence-corrected chi connectivity index (χ1v) is 8.47. The molecule has 0 radical (unpaired) electrons. The second-order valence-electron chi connectivity index (χ2n) is 5.44. The molecule has 19 heavy (non-hydrogen) atoms. The highest BCUT2D eigenvalue weighted by Crippen LogP contribution is 2.31. The molecule has 0 saturated carbocycles. The summed E-state index contributed by atoms with van der Waals surface area (Å²) < 4.78 is 1.15. The Kier molecular flexibility index (Phi) is 7.23. The quantitative estimate of drug-likeness (QED) is 0.561. The van der Waals surface area contributed by atoms with E-state index in [9.17, 15) is 0 Å². The summed E-state index contributed by atoms with van der Waals surface area (Å²) in [4.78, 5) is 2.53. The third-order valence-electron chi connectivity index (χ3n) is 3.42. The van der Waals surface area contributed by atoms with E-state index in [1.807, 2.05) is 0 Å². The van der Waals surface area contributed by atoms with Crippen LogP contribution in [-0.4, -0.2) is 12.6 Å². The van der Waals surface area contributed by atoms with Crippen LogP contribution in [0.2, 0.25) is 0 Å². The van der Waals surface area contributed by atoms with E-state index < -0.39 is 0 Å². The van der Waals surface area contributed by atoms with E-state index in [0.29, 0.717) is 17.8 Å². The zero-order chi connectivity index (χ0) is 14.4. The number of nitrogens with zero attached hydrogens (tertiary/aromatic N) is 1. The van der Waals surface area contributed by atoms with Gasteiger partial charge in [-0.2, -0.15) is 0 Å². The van der Waals surface area contributed by atoms with E-state index in [-0.39, 0.29) is 0 Å². The summed E-state index contributed by atoms with van der Waals surface area (Å²) >= 11 is 9.60. The maximum absolute atomic E-state index is 5.90. The molecule has 1 aromatic rings. The molecule has 0 aliphatic carbocycles. The lowest BCUT2D eigenvalue weighted by Gasteiger charge is -2.35. The predicted molar refractivity (Wildman–Crippen MR) is 90.3 cm³/mol. The summed E-state index contributed by atoms with van der Waals surface area (Å²) in [7, 11) is 0. The monoisotopic (exact) mass is 345 g/mol. The fourth-order valence-electron chi connectivity index (χ4n) is 2.43. The van der Waals surface area contributed by atoms with Crippen molar-refractivity contribution in [2.75, 3.05) is 11.4 Å². The number of rotatable bonds is 7. The molecule has 0 amide bonds. The van der Waals surface area contributed by atoms with Crippen LogP contribution >= 0.6 is 27.5 Å². The van der Waals surface area contributed by atoms with Gasteiger partial charge >= 0.3 is 0 Å². The van der Waals surface area contributed by atoms with Crippen molar-refractivity contribution in [1.29, 1.82) is 0 Å². The van der Waals surface area contributed by atoms with E-state index in [1.165, 1.54) is 18.5 Å². The van der Waals surface area contributed by atoms with Gasteiger partial charge in [-0.05, 0) is 52.4 Å². The van der Waals surface area contributed by atoms with Crippen molar-refractivity contribution in [3.63, 3.8) is 0 Å². The van der Waals surface area contributed by atoms with Gasteiger partial charge in [-0.15, -0.1) is 11.6 Å². The lowest BCUT2D eigenvalue weighted by molar-refractivity contribution is 0.507. The Morgan fingerprint density at radius 2 is 1.84 bits per heavy atom. The number of halogens is 2. The van der Waals surface area contributed by atoms with Crippen molar-refractivity contribution in [1.82, 2.24) is 0 Å². The Morgan fingerprint density at radius 3 is 2.26 bits per heavy atom. The Labute approximate surface area is 131 Å². The lowest BCUT2D eigenvalue weighted by atomic mass is 10.1. The average Bonchev–Trinajstić information content (AvgIpc) is 2.38. The molecule has 0 saturated heterocycles. The summed E-state index contributed by atoms with van der Waals surface area (Å²) in [6.07, 6.45) is 2.35. The van der Waals surface area contributed by atoms with E-state index in [2.05, 4.69) is 66.7 Å². The number of benzene rings is 1. The van der Waals surface area contributed by atoms with Gasteiger partial charge in [-0.3, -0.25) is 0 Å². The molecule has 1 rings (SSSR count). The van der Waals surface area contributed by atoms with Gasteiger partial charge in [-0.1, -0.05) is 33.8 Å². The largest absolute Gasteiger partial charge is 0.367 e. The molecule has 0 atom stereocenters. The molecule has 0 spiro atoms. The standard InChI is InChI=1S/C16H25BrClN/c1-5-14(6-2)19(11-12(3)4)16-8-7-13(10-18)9-15(16)17/h7-9,12,14H,5-6,10-11H2,1-4H3. The van der Waals surface area contributed by atoms with Crippen LogP contribution in [0.15, 0.2) is 22.7 Å².